The first-order valence-corrected chi connectivity index (χ1v) is 7.91. The molecule has 1 unspecified atom stereocenters. The predicted molar refractivity (Wildman–Crippen MR) is 78.0 cm³/mol. The van der Waals surface area contributed by atoms with Crippen LogP contribution in [0.5, 0.6) is 0 Å². The van der Waals surface area contributed by atoms with E-state index in [1.807, 2.05) is 0 Å². The van der Waals surface area contributed by atoms with E-state index in [1.54, 1.807) is 0 Å². The number of carbonyl (C=O) groups is 1. The Kier molecular flexibility index (Phi) is 5.64. The van der Waals surface area contributed by atoms with E-state index in [1.165, 1.54) is 25.8 Å². The summed E-state index contributed by atoms with van der Waals surface area (Å²) in [7, 11) is 0. The molecule has 0 bridgehead atoms. The molecule has 2 aliphatic rings. The molecule has 0 radical (unpaired) electrons. The molecule has 4 nitrogen and oxygen atoms in total. The van der Waals surface area contributed by atoms with Crippen LogP contribution in [0.25, 0.3) is 0 Å². The molecule has 4 heteroatoms. The van der Waals surface area contributed by atoms with Gasteiger partial charge < -0.3 is 15.5 Å². The number of hydrogen-bond acceptors (Lipinski definition) is 3. The van der Waals surface area contributed by atoms with E-state index in [9.17, 15) is 4.79 Å². The topological polar surface area (TPSA) is 44.4 Å². The summed E-state index contributed by atoms with van der Waals surface area (Å²) in [6.07, 6.45) is 5.12. The number of likely N-dealkylation sites (tertiary alicyclic amines) is 1. The van der Waals surface area contributed by atoms with Gasteiger partial charge in [0.25, 0.3) is 0 Å². The van der Waals surface area contributed by atoms with Gasteiger partial charge in [-0.3, -0.25) is 4.79 Å². The monoisotopic (exact) mass is 267 g/mol. The highest BCUT2D eigenvalue weighted by molar-refractivity contribution is 5.79. The molecule has 2 N–H and O–H groups in total. The van der Waals surface area contributed by atoms with Gasteiger partial charge >= 0.3 is 0 Å². The van der Waals surface area contributed by atoms with Gasteiger partial charge in [0.05, 0.1) is 5.92 Å². The van der Waals surface area contributed by atoms with Gasteiger partial charge in [0.2, 0.25) is 5.91 Å². The number of rotatable bonds is 5. The number of carbonyl (C=O) groups excluding carboxylic acids is 1. The second kappa shape index (κ2) is 7.25. The van der Waals surface area contributed by atoms with Crippen LogP contribution in [-0.2, 0) is 4.79 Å². The molecule has 1 amide bonds. The normalized spacial score (nSPS) is 32.4. The van der Waals surface area contributed by atoms with E-state index >= 15 is 0 Å². The van der Waals surface area contributed by atoms with Crippen LogP contribution in [0.3, 0.4) is 0 Å². The molecule has 19 heavy (non-hydrogen) atoms. The summed E-state index contributed by atoms with van der Waals surface area (Å²) in [5.41, 5.74) is 0. The second-order valence-corrected chi connectivity index (χ2v) is 6.27. The quantitative estimate of drug-likeness (QED) is 0.736. The fourth-order valence-corrected chi connectivity index (χ4v) is 3.28. The van der Waals surface area contributed by atoms with E-state index in [0.29, 0.717) is 5.92 Å². The Hall–Kier alpha value is -0.610. The first-order chi connectivity index (χ1) is 9.18. The van der Waals surface area contributed by atoms with E-state index in [0.717, 1.165) is 38.6 Å². The molecule has 0 aromatic carbocycles. The van der Waals surface area contributed by atoms with Crippen LogP contribution in [-0.4, -0.2) is 49.6 Å². The van der Waals surface area contributed by atoms with Crippen molar-refractivity contribution in [2.24, 2.45) is 11.8 Å². The molecule has 0 saturated carbocycles. The minimum atomic E-state index is 0.175. The minimum absolute atomic E-state index is 0.175. The zero-order chi connectivity index (χ0) is 13.7. The molecule has 0 aromatic rings. The summed E-state index contributed by atoms with van der Waals surface area (Å²) in [6, 6.07) is 0.725. The summed E-state index contributed by atoms with van der Waals surface area (Å²) in [6.45, 7) is 9.48. The van der Waals surface area contributed by atoms with Crippen LogP contribution >= 0.6 is 0 Å². The average Bonchev–Trinajstić information content (AvgIpc) is 2.82. The van der Waals surface area contributed by atoms with Crippen molar-refractivity contribution in [2.45, 2.75) is 45.6 Å². The van der Waals surface area contributed by atoms with Crippen molar-refractivity contribution in [3.63, 3.8) is 0 Å². The fraction of sp³-hybridized carbons (Fsp3) is 0.933. The maximum atomic E-state index is 12.0. The van der Waals surface area contributed by atoms with Gasteiger partial charge in [0, 0.05) is 25.7 Å². The number of nitrogens with zero attached hydrogens (tertiary/aromatic N) is 1. The van der Waals surface area contributed by atoms with Gasteiger partial charge in [-0.05, 0) is 45.2 Å². The van der Waals surface area contributed by atoms with Gasteiger partial charge in [-0.15, -0.1) is 0 Å². The molecule has 0 spiro atoms. The van der Waals surface area contributed by atoms with Crippen LogP contribution in [0.1, 0.15) is 39.5 Å². The fourth-order valence-electron chi connectivity index (χ4n) is 3.28. The standard InChI is InChI=1S/C15H29N3O/c1-12-10-16-11-14(12)15(19)17-7-5-9-18-8-4-3-6-13(18)2/h12-14,16H,3-11H2,1-2H3,(H,17,19)/t12-,13?,14-/m1/s1. The largest absolute Gasteiger partial charge is 0.356 e. The highest BCUT2D eigenvalue weighted by atomic mass is 16.1. The number of nitrogens with one attached hydrogen (secondary N) is 2. The Bertz CT molecular complexity index is 295. The maximum absolute atomic E-state index is 12.0. The molecule has 2 saturated heterocycles. The van der Waals surface area contributed by atoms with Crippen molar-refractivity contribution in [1.82, 2.24) is 15.5 Å². The van der Waals surface area contributed by atoms with Crippen molar-refractivity contribution in [2.75, 3.05) is 32.7 Å². The molecule has 2 heterocycles. The zero-order valence-corrected chi connectivity index (χ0v) is 12.5. The third-order valence-electron chi connectivity index (χ3n) is 4.72. The molecule has 110 valence electrons. The average molecular weight is 267 g/mol. The Morgan fingerprint density at radius 2 is 2.16 bits per heavy atom. The van der Waals surface area contributed by atoms with Crippen LogP contribution in [0, 0.1) is 11.8 Å². The van der Waals surface area contributed by atoms with Crippen LogP contribution < -0.4 is 10.6 Å². The maximum Gasteiger partial charge on any atom is 0.224 e. The second-order valence-electron chi connectivity index (χ2n) is 6.27. The first kappa shape index (κ1) is 14.8. The SMILES string of the molecule is CC1CCCCN1CCCNC(=O)[C@@H]1CNC[C@H]1C. The van der Waals surface area contributed by atoms with Crippen LogP contribution in [0.15, 0.2) is 0 Å². The Balaban J connectivity index is 1.59. The van der Waals surface area contributed by atoms with Crippen molar-refractivity contribution >= 4 is 5.91 Å². The summed E-state index contributed by atoms with van der Waals surface area (Å²) in [4.78, 5) is 14.6. The lowest BCUT2D eigenvalue weighted by atomic mass is 9.97. The van der Waals surface area contributed by atoms with Gasteiger partial charge in [-0.2, -0.15) is 0 Å². The number of hydrogen-bond donors (Lipinski definition) is 2. The molecule has 2 aliphatic heterocycles. The summed E-state index contributed by atoms with van der Waals surface area (Å²) in [5, 5.41) is 6.39. The third kappa shape index (κ3) is 4.18. The number of piperidine rings is 1. The molecular weight excluding hydrogens is 238 g/mol. The first-order valence-electron chi connectivity index (χ1n) is 7.91. The van der Waals surface area contributed by atoms with Crippen LogP contribution in [0.4, 0.5) is 0 Å². The Morgan fingerprint density at radius 3 is 2.84 bits per heavy atom. The van der Waals surface area contributed by atoms with Crippen molar-refractivity contribution in [3.05, 3.63) is 0 Å². The van der Waals surface area contributed by atoms with Crippen molar-refractivity contribution < 1.29 is 4.79 Å². The highest BCUT2D eigenvalue weighted by Gasteiger charge is 2.29. The smallest absolute Gasteiger partial charge is 0.224 e. The van der Waals surface area contributed by atoms with E-state index < -0.39 is 0 Å². The molecular formula is C15H29N3O. The zero-order valence-electron chi connectivity index (χ0n) is 12.5. The van der Waals surface area contributed by atoms with Crippen LogP contribution in [0.2, 0.25) is 0 Å². The van der Waals surface area contributed by atoms with Gasteiger partial charge in [-0.1, -0.05) is 13.3 Å². The van der Waals surface area contributed by atoms with E-state index in [2.05, 4.69) is 29.4 Å². The molecule has 0 aromatic heterocycles. The third-order valence-corrected chi connectivity index (χ3v) is 4.72. The summed E-state index contributed by atoms with van der Waals surface area (Å²) < 4.78 is 0. The van der Waals surface area contributed by atoms with Gasteiger partial charge in [0.15, 0.2) is 0 Å². The predicted octanol–water partition coefficient (Wildman–Crippen LogP) is 1.22. The van der Waals surface area contributed by atoms with Gasteiger partial charge in [0.1, 0.15) is 0 Å². The lowest BCUT2D eigenvalue weighted by Crippen LogP contribution is -2.40. The summed E-state index contributed by atoms with van der Waals surface area (Å²) in [5.74, 6) is 0.889. The van der Waals surface area contributed by atoms with Crippen molar-refractivity contribution in [3.8, 4) is 0 Å². The lowest BCUT2D eigenvalue weighted by Gasteiger charge is -2.33. The summed E-state index contributed by atoms with van der Waals surface area (Å²) >= 11 is 0. The highest BCUT2D eigenvalue weighted by Crippen LogP contribution is 2.17. The number of amides is 1. The lowest BCUT2D eigenvalue weighted by molar-refractivity contribution is -0.125. The molecule has 2 fully saturated rings. The van der Waals surface area contributed by atoms with Crippen molar-refractivity contribution in [1.29, 1.82) is 0 Å². The van der Waals surface area contributed by atoms with Gasteiger partial charge in [-0.25, -0.2) is 0 Å². The molecule has 2 rings (SSSR count). The minimum Gasteiger partial charge on any atom is -0.356 e. The Morgan fingerprint density at radius 1 is 1.32 bits per heavy atom. The molecule has 0 aliphatic carbocycles. The van der Waals surface area contributed by atoms with E-state index in [-0.39, 0.29) is 11.8 Å². The Labute approximate surface area is 117 Å². The molecule has 3 atom stereocenters. The van der Waals surface area contributed by atoms with E-state index in [4.69, 9.17) is 0 Å².